The van der Waals surface area contributed by atoms with Gasteiger partial charge in [0.15, 0.2) is 0 Å². The van der Waals surface area contributed by atoms with Crippen LogP contribution in [0.5, 0.6) is 0 Å². The predicted octanol–water partition coefficient (Wildman–Crippen LogP) is 4.18. The number of aromatic carboxylic acids is 1. The molecule has 1 N–H and O–H groups in total. The summed E-state index contributed by atoms with van der Waals surface area (Å²) in [5.41, 5.74) is 2.72. The third kappa shape index (κ3) is 7.10. The molecule has 0 unspecified atom stereocenters. The van der Waals surface area contributed by atoms with Gasteiger partial charge in [0.05, 0.1) is 5.56 Å². The van der Waals surface area contributed by atoms with Crippen LogP contribution in [0.25, 0.3) is 0 Å². The van der Waals surface area contributed by atoms with Crippen molar-refractivity contribution >= 4 is 43.7 Å². The molecule has 0 bridgehead atoms. The summed E-state index contributed by atoms with van der Waals surface area (Å²) in [5, 5.41) is 9.24. The zero-order valence-corrected chi connectivity index (χ0v) is 15.5. The Hall–Kier alpha value is -0.0503. The minimum atomic E-state index is -0.811. The standard InChI is InChI=1S/C17H26O2.Ca/c1-12(2)5-7-14-8-10-16(17(18)19)15(11-14)9-6-13(3)4;/h8,10-13H,5-7,9H2,1-4H3,(H,18,19);. The molecule has 0 aliphatic rings. The summed E-state index contributed by atoms with van der Waals surface area (Å²) in [5.74, 6) is 0.466. The fourth-order valence-corrected chi connectivity index (χ4v) is 2.12. The molecule has 3 heteroatoms. The van der Waals surface area contributed by atoms with E-state index in [9.17, 15) is 9.90 Å². The molecule has 2 radical (unpaired) electrons. The first-order valence-electron chi connectivity index (χ1n) is 7.25. The monoisotopic (exact) mass is 302 g/mol. The first-order valence-corrected chi connectivity index (χ1v) is 7.25. The Morgan fingerprint density at radius 2 is 1.60 bits per heavy atom. The van der Waals surface area contributed by atoms with Crippen LogP contribution in [0.3, 0.4) is 0 Å². The average molecular weight is 302 g/mol. The average Bonchev–Trinajstić information content (AvgIpc) is 2.33. The minimum absolute atomic E-state index is 0. The van der Waals surface area contributed by atoms with Crippen molar-refractivity contribution in [2.75, 3.05) is 0 Å². The van der Waals surface area contributed by atoms with Crippen molar-refractivity contribution in [3.05, 3.63) is 34.9 Å². The van der Waals surface area contributed by atoms with Crippen LogP contribution in [0.4, 0.5) is 0 Å². The van der Waals surface area contributed by atoms with Crippen molar-refractivity contribution in [1.29, 1.82) is 0 Å². The third-order valence-electron chi connectivity index (χ3n) is 3.40. The molecule has 0 amide bonds. The first-order chi connectivity index (χ1) is 8.90. The van der Waals surface area contributed by atoms with E-state index in [-0.39, 0.29) is 37.7 Å². The van der Waals surface area contributed by atoms with Crippen LogP contribution in [-0.4, -0.2) is 48.8 Å². The van der Waals surface area contributed by atoms with E-state index in [4.69, 9.17) is 0 Å². The largest absolute Gasteiger partial charge is 0.478 e. The maximum absolute atomic E-state index is 11.2. The molecule has 0 aromatic heterocycles. The van der Waals surface area contributed by atoms with Gasteiger partial charge < -0.3 is 5.11 Å². The zero-order chi connectivity index (χ0) is 14.4. The molecule has 2 nitrogen and oxygen atoms in total. The van der Waals surface area contributed by atoms with Crippen LogP contribution in [0, 0.1) is 11.8 Å². The maximum Gasteiger partial charge on any atom is 0.335 e. The number of carboxylic acids is 1. The van der Waals surface area contributed by atoms with Gasteiger partial charge in [-0.1, -0.05) is 39.8 Å². The molecular formula is C17H26CaO2. The van der Waals surface area contributed by atoms with Crippen LogP contribution in [-0.2, 0) is 12.8 Å². The Morgan fingerprint density at radius 1 is 1.05 bits per heavy atom. The van der Waals surface area contributed by atoms with Gasteiger partial charge in [-0.15, -0.1) is 0 Å². The number of rotatable bonds is 7. The normalized spacial score (nSPS) is 10.7. The number of benzene rings is 1. The van der Waals surface area contributed by atoms with Crippen molar-refractivity contribution in [2.45, 2.75) is 53.4 Å². The summed E-state index contributed by atoms with van der Waals surface area (Å²) in [6, 6.07) is 5.83. The number of carboxylic acid groups (broad SMARTS) is 1. The van der Waals surface area contributed by atoms with Gasteiger partial charge in [-0.3, -0.25) is 0 Å². The molecule has 0 atom stereocenters. The Labute approximate surface area is 153 Å². The summed E-state index contributed by atoms with van der Waals surface area (Å²) in [6.45, 7) is 8.77. The number of hydrogen-bond donors (Lipinski definition) is 1. The first kappa shape index (κ1) is 19.9. The van der Waals surface area contributed by atoms with Gasteiger partial charge in [0, 0.05) is 37.7 Å². The SMILES string of the molecule is CC(C)CCc1ccc(C(=O)O)c(CCC(C)C)c1.[Ca]. The second-order valence-electron chi connectivity index (χ2n) is 6.16. The molecular weight excluding hydrogens is 276 g/mol. The Balaban J connectivity index is 0.00000361. The fraction of sp³-hybridized carbons (Fsp3) is 0.588. The quantitative estimate of drug-likeness (QED) is 0.767. The molecule has 0 heterocycles. The zero-order valence-electron chi connectivity index (χ0n) is 13.3. The third-order valence-corrected chi connectivity index (χ3v) is 3.40. The van der Waals surface area contributed by atoms with Gasteiger partial charge in [-0.05, 0) is 54.7 Å². The summed E-state index contributed by atoms with van der Waals surface area (Å²) in [7, 11) is 0. The Bertz CT molecular complexity index is 425. The number of hydrogen-bond acceptors (Lipinski definition) is 1. The summed E-state index contributed by atoms with van der Waals surface area (Å²) < 4.78 is 0. The van der Waals surface area contributed by atoms with Crippen LogP contribution < -0.4 is 0 Å². The van der Waals surface area contributed by atoms with Crippen LogP contribution in [0.2, 0.25) is 0 Å². The van der Waals surface area contributed by atoms with E-state index in [0.717, 1.165) is 31.2 Å². The van der Waals surface area contributed by atoms with Crippen molar-refractivity contribution in [3.63, 3.8) is 0 Å². The number of carbonyl (C=O) groups is 1. The molecule has 0 saturated heterocycles. The Morgan fingerprint density at radius 3 is 2.10 bits per heavy atom. The molecule has 108 valence electrons. The van der Waals surface area contributed by atoms with Gasteiger partial charge >= 0.3 is 5.97 Å². The molecule has 1 aromatic rings. The molecule has 1 rings (SSSR count). The topological polar surface area (TPSA) is 37.3 Å². The van der Waals surface area contributed by atoms with Crippen molar-refractivity contribution in [1.82, 2.24) is 0 Å². The molecule has 1 aromatic carbocycles. The maximum atomic E-state index is 11.2. The Kier molecular flexibility index (Phi) is 9.78. The minimum Gasteiger partial charge on any atom is -0.478 e. The van der Waals surface area contributed by atoms with E-state index in [1.807, 2.05) is 6.07 Å². The molecule has 0 spiro atoms. The van der Waals surface area contributed by atoms with Crippen molar-refractivity contribution in [2.24, 2.45) is 11.8 Å². The molecule has 0 aliphatic carbocycles. The van der Waals surface area contributed by atoms with Crippen LogP contribution in [0.15, 0.2) is 18.2 Å². The van der Waals surface area contributed by atoms with E-state index in [0.29, 0.717) is 17.4 Å². The van der Waals surface area contributed by atoms with Crippen LogP contribution >= 0.6 is 0 Å². The second kappa shape index (κ2) is 9.81. The molecule has 20 heavy (non-hydrogen) atoms. The van der Waals surface area contributed by atoms with Gasteiger partial charge in [-0.25, -0.2) is 4.79 Å². The van der Waals surface area contributed by atoms with Crippen molar-refractivity contribution in [3.8, 4) is 0 Å². The number of aryl methyl sites for hydroxylation is 2. The molecule has 0 saturated carbocycles. The second-order valence-corrected chi connectivity index (χ2v) is 6.16. The smallest absolute Gasteiger partial charge is 0.335 e. The van der Waals surface area contributed by atoms with E-state index < -0.39 is 5.97 Å². The van der Waals surface area contributed by atoms with Gasteiger partial charge in [0.25, 0.3) is 0 Å². The van der Waals surface area contributed by atoms with E-state index in [2.05, 4.69) is 33.8 Å². The summed E-state index contributed by atoms with van der Waals surface area (Å²) in [4.78, 5) is 11.2. The van der Waals surface area contributed by atoms with Crippen LogP contribution in [0.1, 0.15) is 62.0 Å². The molecule has 0 fully saturated rings. The van der Waals surface area contributed by atoms with Gasteiger partial charge in [0.1, 0.15) is 0 Å². The summed E-state index contributed by atoms with van der Waals surface area (Å²) >= 11 is 0. The van der Waals surface area contributed by atoms with Gasteiger partial charge in [-0.2, -0.15) is 0 Å². The van der Waals surface area contributed by atoms with Gasteiger partial charge in [0.2, 0.25) is 0 Å². The van der Waals surface area contributed by atoms with Crippen molar-refractivity contribution < 1.29 is 9.90 Å². The van der Waals surface area contributed by atoms with E-state index in [1.54, 1.807) is 6.07 Å². The predicted molar refractivity (Wildman–Crippen MR) is 85.5 cm³/mol. The molecule has 0 aliphatic heterocycles. The fourth-order valence-electron chi connectivity index (χ4n) is 2.12. The summed E-state index contributed by atoms with van der Waals surface area (Å²) in [6.07, 6.45) is 4.07. The van der Waals surface area contributed by atoms with E-state index >= 15 is 0 Å². The van der Waals surface area contributed by atoms with E-state index in [1.165, 1.54) is 5.56 Å².